The Kier molecular flexibility index (Phi) is 5.42. The van der Waals surface area contributed by atoms with Crippen LogP contribution < -0.4 is 5.32 Å². The quantitative estimate of drug-likeness (QED) is 0.669. The van der Waals surface area contributed by atoms with Crippen LogP contribution in [0.5, 0.6) is 0 Å². The lowest BCUT2D eigenvalue weighted by molar-refractivity contribution is -0.191. The second-order valence-electron chi connectivity index (χ2n) is 8.40. The molecule has 170 valence electrons. The summed E-state index contributed by atoms with van der Waals surface area (Å²) in [7, 11) is -1.75. The Bertz CT molecular complexity index is 1040. The topological polar surface area (TPSA) is 86.7 Å². The average Bonchev–Trinajstić information content (AvgIpc) is 2.96. The van der Waals surface area contributed by atoms with Crippen LogP contribution in [0.3, 0.4) is 0 Å². The Balaban J connectivity index is 1.59. The van der Waals surface area contributed by atoms with E-state index < -0.39 is 46.7 Å². The predicted molar refractivity (Wildman–Crippen MR) is 103 cm³/mol. The smallest absolute Gasteiger partial charge is 0.394 e. The number of halogens is 4. The van der Waals surface area contributed by atoms with Gasteiger partial charge in [-0.15, -0.1) is 0 Å². The summed E-state index contributed by atoms with van der Waals surface area (Å²) in [5.74, 6) is -1.70. The number of hydrogen-bond donors (Lipinski definition) is 2. The maximum atomic E-state index is 13.6. The Labute approximate surface area is 176 Å². The molecule has 0 bridgehead atoms. The predicted octanol–water partition coefficient (Wildman–Crippen LogP) is 2.00. The maximum Gasteiger partial charge on any atom is 0.421 e. The molecule has 1 amide bonds. The number of carbonyl (C=O) groups excluding carboxylic acids is 1. The van der Waals surface area contributed by atoms with Gasteiger partial charge in [0, 0.05) is 29.5 Å². The van der Waals surface area contributed by atoms with Gasteiger partial charge >= 0.3 is 6.18 Å². The molecule has 11 heteroatoms. The van der Waals surface area contributed by atoms with E-state index in [0.717, 1.165) is 11.1 Å². The molecule has 5 unspecified atom stereocenters. The van der Waals surface area contributed by atoms with Crippen molar-refractivity contribution in [1.29, 1.82) is 0 Å². The summed E-state index contributed by atoms with van der Waals surface area (Å²) < 4.78 is 76.6. The third-order valence-electron chi connectivity index (χ3n) is 6.45. The molecule has 2 N–H and O–H groups in total. The minimum absolute atomic E-state index is 0.0657. The van der Waals surface area contributed by atoms with Crippen molar-refractivity contribution < 1.29 is 35.9 Å². The van der Waals surface area contributed by atoms with Crippen molar-refractivity contribution >= 4 is 21.3 Å². The molecule has 1 aromatic carbocycles. The normalized spacial score (nSPS) is 28.8. The molecule has 1 aromatic rings. The van der Waals surface area contributed by atoms with Crippen LogP contribution in [0.15, 0.2) is 28.5 Å². The first kappa shape index (κ1) is 22.2. The zero-order valence-electron chi connectivity index (χ0n) is 16.6. The van der Waals surface area contributed by atoms with Crippen LogP contribution in [0.2, 0.25) is 0 Å². The van der Waals surface area contributed by atoms with Gasteiger partial charge in [0.15, 0.2) is 0 Å². The molecule has 0 aromatic heterocycles. The van der Waals surface area contributed by atoms with Crippen LogP contribution in [-0.4, -0.2) is 69.0 Å². The highest BCUT2D eigenvalue weighted by atomic mass is 32.2. The summed E-state index contributed by atoms with van der Waals surface area (Å²) in [4.78, 5) is 14.8. The zero-order chi connectivity index (χ0) is 22.7. The standard InChI is InChI=1S/C20H22F4N2O4S/c1-26-7-10(19(28)25-14(8-27)18(21)20(22,23)24)5-13-12-3-2-4-16-17(12)11(6-15(13)26)9-31(16,29)30/h2-4,9-10,13-15,18,27H,5-8H2,1H3,(H,25,28). The van der Waals surface area contributed by atoms with Gasteiger partial charge in [0.1, 0.15) is 0 Å². The van der Waals surface area contributed by atoms with Gasteiger partial charge in [-0.2, -0.15) is 13.2 Å². The van der Waals surface area contributed by atoms with E-state index in [1.54, 1.807) is 19.2 Å². The van der Waals surface area contributed by atoms with Gasteiger partial charge in [0.25, 0.3) is 0 Å². The number of nitrogens with zero attached hydrogens (tertiary/aromatic N) is 1. The van der Waals surface area contributed by atoms with E-state index in [2.05, 4.69) is 0 Å². The third kappa shape index (κ3) is 3.76. The fourth-order valence-electron chi connectivity index (χ4n) is 5.01. The van der Waals surface area contributed by atoms with Gasteiger partial charge in [0.2, 0.25) is 21.9 Å². The Morgan fingerprint density at radius 2 is 2.06 bits per heavy atom. The summed E-state index contributed by atoms with van der Waals surface area (Å²) in [6.45, 7) is -0.956. The number of likely N-dealkylation sites (N-methyl/N-ethyl adjacent to an activating group) is 1. The van der Waals surface area contributed by atoms with Crippen molar-refractivity contribution in [2.75, 3.05) is 20.2 Å². The fourth-order valence-corrected chi connectivity index (χ4v) is 6.53. The zero-order valence-corrected chi connectivity index (χ0v) is 17.4. The van der Waals surface area contributed by atoms with E-state index in [1.807, 2.05) is 16.3 Å². The van der Waals surface area contributed by atoms with Gasteiger partial charge in [-0.05, 0) is 37.1 Å². The van der Waals surface area contributed by atoms with Crippen molar-refractivity contribution in [3.8, 4) is 0 Å². The van der Waals surface area contributed by atoms with Crippen LogP contribution in [0, 0.1) is 5.92 Å². The average molecular weight is 462 g/mol. The number of hydrogen-bond acceptors (Lipinski definition) is 5. The first-order valence-electron chi connectivity index (χ1n) is 9.85. The number of aliphatic hydroxyl groups excluding tert-OH is 1. The monoisotopic (exact) mass is 462 g/mol. The Morgan fingerprint density at radius 1 is 1.35 bits per heavy atom. The number of benzene rings is 1. The van der Waals surface area contributed by atoms with Crippen molar-refractivity contribution in [3.05, 3.63) is 34.7 Å². The van der Waals surface area contributed by atoms with Crippen molar-refractivity contribution in [1.82, 2.24) is 10.2 Å². The molecule has 1 fully saturated rings. The Hall–Kier alpha value is -1.98. The number of likely N-dealkylation sites (tertiary alicyclic amines) is 1. The highest BCUT2D eigenvalue weighted by Gasteiger charge is 2.48. The summed E-state index contributed by atoms with van der Waals surface area (Å²) in [6, 6.07) is 2.86. The molecule has 2 heterocycles. The summed E-state index contributed by atoms with van der Waals surface area (Å²) in [5, 5.41) is 12.5. The van der Waals surface area contributed by atoms with Crippen LogP contribution >= 0.6 is 0 Å². The third-order valence-corrected chi connectivity index (χ3v) is 8.00. The van der Waals surface area contributed by atoms with E-state index in [9.17, 15) is 30.8 Å². The first-order chi connectivity index (χ1) is 14.4. The molecular formula is C20H22F4N2O4S. The number of carbonyl (C=O) groups is 1. The maximum absolute atomic E-state index is 13.6. The minimum atomic E-state index is -5.20. The number of fused-ring (bicyclic) bond motifs is 2. The molecule has 5 atom stereocenters. The lowest BCUT2D eigenvalue weighted by Gasteiger charge is -2.46. The van der Waals surface area contributed by atoms with Gasteiger partial charge in [0.05, 0.1) is 23.5 Å². The molecule has 0 spiro atoms. The molecule has 1 saturated heterocycles. The van der Waals surface area contributed by atoms with E-state index in [-0.39, 0.29) is 29.8 Å². The minimum Gasteiger partial charge on any atom is -0.394 e. The van der Waals surface area contributed by atoms with Crippen molar-refractivity contribution in [2.24, 2.45) is 5.92 Å². The largest absolute Gasteiger partial charge is 0.421 e. The lowest BCUT2D eigenvalue weighted by Crippen LogP contribution is -2.55. The van der Waals surface area contributed by atoms with E-state index in [4.69, 9.17) is 5.11 Å². The van der Waals surface area contributed by atoms with Gasteiger partial charge < -0.3 is 15.3 Å². The van der Waals surface area contributed by atoms with Crippen LogP contribution in [0.25, 0.3) is 5.57 Å². The van der Waals surface area contributed by atoms with Crippen LogP contribution in [0.1, 0.15) is 29.9 Å². The molecular weight excluding hydrogens is 440 g/mol. The highest BCUT2D eigenvalue weighted by Crippen LogP contribution is 2.50. The molecule has 2 aliphatic heterocycles. The number of nitrogens with one attached hydrogen (secondary N) is 1. The van der Waals surface area contributed by atoms with Gasteiger partial charge in [-0.1, -0.05) is 12.1 Å². The number of alkyl halides is 4. The van der Waals surface area contributed by atoms with E-state index >= 15 is 0 Å². The molecule has 6 nitrogen and oxygen atoms in total. The highest BCUT2D eigenvalue weighted by molar-refractivity contribution is 7.95. The van der Waals surface area contributed by atoms with E-state index in [1.165, 1.54) is 5.41 Å². The number of amides is 1. The summed E-state index contributed by atoms with van der Waals surface area (Å²) >= 11 is 0. The first-order valence-corrected chi connectivity index (χ1v) is 11.4. The van der Waals surface area contributed by atoms with Crippen molar-refractivity contribution in [2.45, 2.75) is 48.1 Å². The van der Waals surface area contributed by atoms with Crippen LogP contribution in [-0.2, 0) is 14.6 Å². The molecule has 0 saturated carbocycles. The molecule has 4 rings (SSSR count). The SMILES string of the molecule is CN1CC(C(=O)NC(CO)C(F)C(F)(F)F)CC2c3cccc4c3C(=CS4(=O)=O)CC21. The van der Waals surface area contributed by atoms with Crippen molar-refractivity contribution in [3.63, 3.8) is 0 Å². The summed E-state index contributed by atoms with van der Waals surface area (Å²) in [6.07, 6.45) is -7.80. The summed E-state index contributed by atoms with van der Waals surface area (Å²) in [5.41, 5.74) is 2.18. The lowest BCUT2D eigenvalue weighted by atomic mass is 9.70. The fraction of sp³-hybridized carbons (Fsp3) is 0.550. The Morgan fingerprint density at radius 3 is 2.71 bits per heavy atom. The van der Waals surface area contributed by atoms with Gasteiger partial charge in [-0.3, -0.25) is 4.79 Å². The van der Waals surface area contributed by atoms with E-state index in [0.29, 0.717) is 12.0 Å². The molecule has 1 aliphatic carbocycles. The van der Waals surface area contributed by atoms with Crippen LogP contribution in [0.4, 0.5) is 17.6 Å². The molecule has 3 aliphatic rings. The second kappa shape index (κ2) is 7.56. The molecule has 0 radical (unpaired) electrons. The number of sulfone groups is 1. The van der Waals surface area contributed by atoms with Gasteiger partial charge in [-0.25, -0.2) is 12.8 Å². The second-order valence-corrected chi connectivity index (χ2v) is 10.2. The number of piperidine rings is 1. The number of aliphatic hydroxyl groups is 1. The number of rotatable bonds is 4. The molecule has 31 heavy (non-hydrogen) atoms.